The van der Waals surface area contributed by atoms with Gasteiger partial charge in [-0.3, -0.25) is 0 Å². The van der Waals surface area contributed by atoms with Gasteiger partial charge in [0.15, 0.2) is 0 Å². The van der Waals surface area contributed by atoms with Crippen molar-refractivity contribution in [2.45, 2.75) is 0 Å². The molecule has 0 aliphatic heterocycles. The highest BCUT2D eigenvalue weighted by atomic mass is 35.5. The molecule has 0 atom stereocenters. The number of hydrogen-bond donors (Lipinski definition) is 0. The van der Waals surface area contributed by atoms with Crippen LogP contribution in [0.1, 0.15) is 11.5 Å². The number of benzene rings is 2. The van der Waals surface area contributed by atoms with Gasteiger partial charge in [0, 0.05) is 11.1 Å². The summed E-state index contributed by atoms with van der Waals surface area (Å²) in [6, 6.07) is 11.1. The van der Waals surface area contributed by atoms with Gasteiger partial charge in [0.1, 0.15) is 5.82 Å². The number of hydrogen-bond acceptors (Lipinski definition) is 3. The summed E-state index contributed by atoms with van der Waals surface area (Å²) in [4.78, 5) is 0. The predicted octanol–water partition coefficient (Wildman–Crippen LogP) is 5.35. The molecule has 0 unspecified atom stereocenters. The van der Waals surface area contributed by atoms with Gasteiger partial charge < -0.3 is 4.42 Å². The Labute approximate surface area is 136 Å². The van der Waals surface area contributed by atoms with E-state index < -0.39 is 0 Å². The second-order valence-electron chi connectivity index (χ2n) is 4.45. The fourth-order valence-electron chi connectivity index (χ4n) is 1.82. The molecule has 0 amide bonds. The van der Waals surface area contributed by atoms with E-state index in [1.54, 1.807) is 42.5 Å². The highest BCUT2D eigenvalue weighted by Gasteiger charge is 2.11. The quantitative estimate of drug-likeness (QED) is 0.647. The molecule has 0 fully saturated rings. The average Bonchev–Trinajstić information content (AvgIpc) is 2.95. The Morgan fingerprint density at radius 3 is 2.45 bits per heavy atom. The maximum atomic E-state index is 12.8. The third-order valence-electron chi connectivity index (χ3n) is 2.89. The minimum Gasteiger partial charge on any atom is -0.417 e. The Morgan fingerprint density at radius 2 is 1.73 bits per heavy atom. The Bertz CT molecular complexity index is 828. The molecule has 0 spiro atoms. The SMILES string of the molecule is Fc1ccc(C=Cc2nnc(-c3ccc(Cl)cc3Cl)o2)cc1. The molecule has 0 aliphatic rings. The van der Waals surface area contributed by atoms with Gasteiger partial charge in [-0.05, 0) is 42.0 Å². The molecule has 0 saturated heterocycles. The first-order valence-corrected chi connectivity index (χ1v) is 7.10. The first kappa shape index (κ1) is 14.8. The molecule has 3 nitrogen and oxygen atoms in total. The maximum absolute atomic E-state index is 12.8. The monoisotopic (exact) mass is 334 g/mol. The number of nitrogens with zero attached hydrogens (tertiary/aromatic N) is 2. The highest BCUT2D eigenvalue weighted by molar-refractivity contribution is 6.36. The molecule has 0 aliphatic carbocycles. The largest absolute Gasteiger partial charge is 0.417 e. The van der Waals surface area contributed by atoms with Crippen molar-refractivity contribution in [3.63, 3.8) is 0 Å². The maximum Gasteiger partial charge on any atom is 0.249 e. The van der Waals surface area contributed by atoms with Gasteiger partial charge in [0.2, 0.25) is 11.8 Å². The zero-order chi connectivity index (χ0) is 15.5. The lowest BCUT2D eigenvalue weighted by molar-refractivity contribution is 0.558. The van der Waals surface area contributed by atoms with Crippen molar-refractivity contribution in [2.24, 2.45) is 0 Å². The van der Waals surface area contributed by atoms with Crippen molar-refractivity contribution in [3.8, 4) is 11.5 Å². The molecule has 1 heterocycles. The van der Waals surface area contributed by atoms with E-state index >= 15 is 0 Å². The summed E-state index contributed by atoms with van der Waals surface area (Å²) < 4.78 is 18.3. The van der Waals surface area contributed by atoms with Gasteiger partial charge in [-0.2, -0.15) is 0 Å². The molecule has 0 bridgehead atoms. The fourth-order valence-corrected chi connectivity index (χ4v) is 2.30. The van der Waals surface area contributed by atoms with Crippen LogP contribution in [-0.4, -0.2) is 10.2 Å². The van der Waals surface area contributed by atoms with Gasteiger partial charge in [-0.15, -0.1) is 10.2 Å². The third kappa shape index (κ3) is 3.35. The van der Waals surface area contributed by atoms with E-state index in [0.29, 0.717) is 27.4 Å². The summed E-state index contributed by atoms with van der Waals surface area (Å²) in [6.45, 7) is 0. The lowest BCUT2D eigenvalue weighted by atomic mass is 10.2. The van der Waals surface area contributed by atoms with Crippen molar-refractivity contribution in [3.05, 3.63) is 69.8 Å². The summed E-state index contributed by atoms with van der Waals surface area (Å²) in [6.07, 6.45) is 3.40. The van der Waals surface area contributed by atoms with Crippen molar-refractivity contribution in [1.82, 2.24) is 10.2 Å². The summed E-state index contributed by atoms with van der Waals surface area (Å²) in [7, 11) is 0. The van der Waals surface area contributed by atoms with E-state index in [9.17, 15) is 4.39 Å². The third-order valence-corrected chi connectivity index (χ3v) is 3.44. The van der Waals surface area contributed by atoms with Gasteiger partial charge in [-0.25, -0.2) is 4.39 Å². The van der Waals surface area contributed by atoms with Crippen molar-refractivity contribution >= 4 is 35.4 Å². The topological polar surface area (TPSA) is 38.9 Å². The molecule has 110 valence electrons. The van der Waals surface area contributed by atoms with Crippen LogP contribution in [0.2, 0.25) is 10.0 Å². The van der Waals surface area contributed by atoms with E-state index in [4.69, 9.17) is 27.6 Å². The molecule has 6 heteroatoms. The Balaban J connectivity index is 1.83. The average molecular weight is 335 g/mol. The number of aromatic nitrogens is 2. The Kier molecular flexibility index (Phi) is 4.22. The first-order chi connectivity index (χ1) is 10.6. The Morgan fingerprint density at radius 1 is 0.955 bits per heavy atom. The van der Waals surface area contributed by atoms with Crippen LogP contribution >= 0.6 is 23.2 Å². The van der Waals surface area contributed by atoms with Gasteiger partial charge >= 0.3 is 0 Å². The minimum atomic E-state index is -0.283. The van der Waals surface area contributed by atoms with Crippen LogP contribution in [0.3, 0.4) is 0 Å². The van der Waals surface area contributed by atoms with Crippen LogP contribution in [0.25, 0.3) is 23.6 Å². The summed E-state index contributed by atoms with van der Waals surface area (Å²) in [5, 5.41) is 8.83. The molecule has 22 heavy (non-hydrogen) atoms. The fraction of sp³-hybridized carbons (Fsp3) is 0. The minimum absolute atomic E-state index is 0.283. The standard InChI is InChI=1S/C16H9Cl2FN2O/c17-11-4-7-13(14(18)9-11)16-21-20-15(22-16)8-3-10-1-5-12(19)6-2-10/h1-9H. The van der Waals surface area contributed by atoms with Crippen LogP contribution in [0.4, 0.5) is 4.39 Å². The number of halogens is 3. The Hall–Kier alpha value is -2.17. The second-order valence-corrected chi connectivity index (χ2v) is 5.30. The molecule has 0 radical (unpaired) electrons. The van der Waals surface area contributed by atoms with E-state index in [1.165, 1.54) is 12.1 Å². The van der Waals surface area contributed by atoms with E-state index in [2.05, 4.69) is 10.2 Å². The normalized spacial score (nSPS) is 11.2. The molecule has 3 aromatic rings. The van der Waals surface area contributed by atoms with Crippen LogP contribution in [0, 0.1) is 5.82 Å². The summed E-state index contributed by atoms with van der Waals surface area (Å²) in [5.74, 6) is 0.348. The molecule has 1 aromatic heterocycles. The zero-order valence-corrected chi connectivity index (χ0v) is 12.6. The van der Waals surface area contributed by atoms with Crippen molar-refractivity contribution in [2.75, 3.05) is 0 Å². The zero-order valence-electron chi connectivity index (χ0n) is 11.1. The molecular weight excluding hydrogens is 326 g/mol. The number of rotatable bonds is 3. The van der Waals surface area contributed by atoms with Crippen molar-refractivity contribution < 1.29 is 8.81 Å². The van der Waals surface area contributed by atoms with Gasteiger partial charge in [0.25, 0.3) is 0 Å². The lowest BCUT2D eigenvalue weighted by Gasteiger charge is -1.98. The van der Waals surface area contributed by atoms with E-state index in [1.807, 2.05) is 0 Å². The van der Waals surface area contributed by atoms with E-state index in [-0.39, 0.29) is 5.82 Å². The van der Waals surface area contributed by atoms with Gasteiger partial charge in [-0.1, -0.05) is 35.3 Å². The molecular formula is C16H9Cl2FN2O. The van der Waals surface area contributed by atoms with Crippen LogP contribution < -0.4 is 0 Å². The molecule has 2 aromatic carbocycles. The van der Waals surface area contributed by atoms with Crippen LogP contribution in [0.5, 0.6) is 0 Å². The van der Waals surface area contributed by atoms with Crippen molar-refractivity contribution in [1.29, 1.82) is 0 Å². The molecule has 0 saturated carbocycles. The van der Waals surface area contributed by atoms with Crippen LogP contribution in [0.15, 0.2) is 46.9 Å². The summed E-state index contributed by atoms with van der Waals surface area (Å²) >= 11 is 11.9. The lowest BCUT2D eigenvalue weighted by Crippen LogP contribution is -1.79. The summed E-state index contributed by atoms with van der Waals surface area (Å²) in [5.41, 5.74) is 1.44. The second kappa shape index (κ2) is 6.30. The van der Waals surface area contributed by atoms with Gasteiger partial charge in [0.05, 0.1) is 10.6 Å². The highest BCUT2D eigenvalue weighted by Crippen LogP contribution is 2.29. The molecule has 0 N–H and O–H groups in total. The van der Waals surface area contributed by atoms with E-state index in [0.717, 1.165) is 5.56 Å². The predicted molar refractivity (Wildman–Crippen MR) is 85.1 cm³/mol. The first-order valence-electron chi connectivity index (χ1n) is 6.34. The molecule has 3 rings (SSSR count). The van der Waals surface area contributed by atoms with Crippen LogP contribution in [-0.2, 0) is 0 Å². The smallest absolute Gasteiger partial charge is 0.249 e.